The van der Waals surface area contributed by atoms with E-state index < -0.39 is 0 Å². The van der Waals surface area contributed by atoms with Gasteiger partial charge in [-0.3, -0.25) is 14.9 Å². The van der Waals surface area contributed by atoms with Crippen molar-refractivity contribution in [3.05, 3.63) is 60.0 Å². The summed E-state index contributed by atoms with van der Waals surface area (Å²) < 4.78 is 0. The summed E-state index contributed by atoms with van der Waals surface area (Å²) >= 11 is 0. The van der Waals surface area contributed by atoms with Crippen LogP contribution in [0.25, 0.3) is 10.9 Å². The number of aromatic nitrogens is 3. The molecule has 20 heavy (non-hydrogen) atoms. The smallest absolute Gasteiger partial charge is 0.272 e. The van der Waals surface area contributed by atoms with Crippen LogP contribution < -0.4 is 5.32 Å². The van der Waals surface area contributed by atoms with E-state index in [0.717, 1.165) is 16.5 Å². The summed E-state index contributed by atoms with van der Waals surface area (Å²) in [7, 11) is 0. The van der Waals surface area contributed by atoms with Gasteiger partial charge in [-0.1, -0.05) is 30.3 Å². The average molecular weight is 266 g/mol. The summed E-state index contributed by atoms with van der Waals surface area (Å²) in [6.07, 6.45) is 3.30. The molecule has 2 heterocycles. The lowest BCUT2D eigenvalue weighted by Gasteiger charge is -2.13. The van der Waals surface area contributed by atoms with E-state index in [-0.39, 0.29) is 11.9 Å². The number of hydrogen-bond acceptors (Lipinski definition) is 3. The Morgan fingerprint density at radius 3 is 2.85 bits per heavy atom. The molecule has 1 atom stereocenters. The number of carbonyl (C=O) groups excluding carboxylic acids is 1. The molecule has 5 heteroatoms. The Balaban J connectivity index is 1.83. The fraction of sp³-hybridized carbons (Fsp3) is 0.133. The number of amides is 1. The van der Waals surface area contributed by atoms with Crippen molar-refractivity contribution in [3.8, 4) is 0 Å². The summed E-state index contributed by atoms with van der Waals surface area (Å²) in [6, 6.07) is 11.5. The van der Waals surface area contributed by atoms with Gasteiger partial charge in [-0.15, -0.1) is 0 Å². The zero-order valence-electron chi connectivity index (χ0n) is 11.0. The molecule has 0 bridgehead atoms. The zero-order chi connectivity index (χ0) is 13.9. The van der Waals surface area contributed by atoms with Gasteiger partial charge in [0.25, 0.3) is 5.91 Å². The lowest BCUT2D eigenvalue weighted by Crippen LogP contribution is -2.27. The number of H-pyrrole nitrogens is 1. The predicted molar refractivity (Wildman–Crippen MR) is 76.2 cm³/mol. The normalized spacial score (nSPS) is 12.2. The fourth-order valence-corrected chi connectivity index (χ4v) is 2.12. The van der Waals surface area contributed by atoms with Crippen molar-refractivity contribution in [2.24, 2.45) is 0 Å². The van der Waals surface area contributed by atoms with Crippen LogP contribution in [0.2, 0.25) is 0 Å². The van der Waals surface area contributed by atoms with Crippen LogP contribution in [0.1, 0.15) is 29.0 Å². The molecular formula is C15H14N4O. The summed E-state index contributed by atoms with van der Waals surface area (Å²) in [5, 5.41) is 10.6. The third-order valence-corrected chi connectivity index (χ3v) is 3.23. The Hall–Kier alpha value is -2.69. The van der Waals surface area contributed by atoms with E-state index in [1.807, 2.05) is 37.3 Å². The highest BCUT2D eigenvalue weighted by atomic mass is 16.2. The van der Waals surface area contributed by atoms with Gasteiger partial charge < -0.3 is 5.32 Å². The molecule has 3 rings (SSSR count). The molecule has 3 aromatic rings. The van der Waals surface area contributed by atoms with Gasteiger partial charge in [0.05, 0.1) is 16.9 Å². The average Bonchev–Trinajstić information content (AvgIpc) is 2.92. The molecule has 0 aliphatic heterocycles. The van der Waals surface area contributed by atoms with Gasteiger partial charge >= 0.3 is 0 Å². The number of rotatable bonds is 3. The van der Waals surface area contributed by atoms with Crippen LogP contribution >= 0.6 is 0 Å². The van der Waals surface area contributed by atoms with E-state index in [9.17, 15) is 4.79 Å². The van der Waals surface area contributed by atoms with E-state index in [1.165, 1.54) is 0 Å². The van der Waals surface area contributed by atoms with Gasteiger partial charge in [-0.05, 0) is 18.6 Å². The monoisotopic (exact) mass is 266 g/mol. The molecule has 1 aromatic carbocycles. The predicted octanol–water partition coefficient (Wildman–Crippen LogP) is 2.45. The van der Waals surface area contributed by atoms with E-state index in [1.54, 1.807) is 18.5 Å². The molecule has 0 unspecified atom stereocenters. The van der Waals surface area contributed by atoms with Crippen LogP contribution in [0.15, 0.2) is 48.8 Å². The minimum absolute atomic E-state index is 0.0767. The Bertz CT molecular complexity index is 736. The topological polar surface area (TPSA) is 70.7 Å². The maximum Gasteiger partial charge on any atom is 0.272 e. The third-order valence-electron chi connectivity index (χ3n) is 3.23. The van der Waals surface area contributed by atoms with Crippen molar-refractivity contribution in [1.29, 1.82) is 0 Å². The molecule has 0 saturated heterocycles. The summed E-state index contributed by atoms with van der Waals surface area (Å²) in [4.78, 5) is 16.3. The van der Waals surface area contributed by atoms with E-state index in [4.69, 9.17) is 0 Å². The zero-order valence-corrected chi connectivity index (χ0v) is 11.0. The van der Waals surface area contributed by atoms with Gasteiger partial charge in [0.15, 0.2) is 5.69 Å². The van der Waals surface area contributed by atoms with Crippen molar-refractivity contribution in [2.75, 3.05) is 0 Å². The SMILES string of the molecule is C[C@@H](NC(=O)c1n[nH]c2ccncc12)c1ccccc1. The second-order valence-corrected chi connectivity index (χ2v) is 4.60. The van der Waals surface area contributed by atoms with Crippen molar-refractivity contribution < 1.29 is 4.79 Å². The molecule has 2 N–H and O–H groups in total. The molecule has 0 radical (unpaired) electrons. The fourth-order valence-electron chi connectivity index (χ4n) is 2.12. The van der Waals surface area contributed by atoms with Crippen LogP contribution in [0.4, 0.5) is 0 Å². The highest BCUT2D eigenvalue weighted by Crippen LogP contribution is 2.16. The summed E-state index contributed by atoms with van der Waals surface area (Å²) in [6.45, 7) is 1.94. The minimum atomic E-state index is -0.208. The summed E-state index contributed by atoms with van der Waals surface area (Å²) in [5.74, 6) is -0.208. The van der Waals surface area contributed by atoms with Crippen molar-refractivity contribution in [2.45, 2.75) is 13.0 Å². The van der Waals surface area contributed by atoms with Crippen LogP contribution in [-0.4, -0.2) is 21.1 Å². The first-order chi connectivity index (χ1) is 9.75. The number of nitrogens with one attached hydrogen (secondary N) is 2. The van der Waals surface area contributed by atoms with Gasteiger partial charge in [-0.2, -0.15) is 5.10 Å². The van der Waals surface area contributed by atoms with Crippen LogP contribution in [-0.2, 0) is 0 Å². The molecule has 0 fully saturated rings. The quantitative estimate of drug-likeness (QED) is 0.765. The largest absolute Gasteiger partial charge is 0.344 e. The third kappa shape index (κ3) is 2.25. The molecule has 1 amide bonds. The first kappa shape index (κ1) is 12.3. The van der Waals surface area contributed by atoms with Gasteiger partial charge in [0.2, 0.25) is 0 Å². The van der Waals surface area contributed by atoms with E-state index in [0.29, 0.717) is 5.69 Å². The van der Waals surface area contributed by atoms with Crippen molar-refractivity contribution >= 4 is 16.8 Å². The van der Waals surface area contributed by atoms with Crippen LogP contribution in [0.3, 0.4) is 0 Å². The maximum absolute atomic E-state index is 12.3. The first-order valence-electron chi connectivity index (χ1n) is 6.39. The lowest BCUT2D eigenvalue weighted by molar-refractivity contribution is 0.0936. The molecule has 0 aliphatic rings. The Kier molecular flexibility index (Phi) is 3.16. The van der Waals surface area contributed by atoms with E-state index in [2.05, 4.69) is 20.5 Å². The number of nitrogens with zero attached hydrogens (tertiary/aromatic N) is 2. The van der Waals surface area contributed by atoms with Gasteiger partial charge in [0.1, 0.15) is 0 Å². The van der Waals surface area contributed by atoms with Gasteiger partial charge in [-0.25, -0.2) is 0 Å². The number of carbonyl (C=O) groups is 1. The number of aromatic amines is 1. The summed E-state index contributed by atoms with van der Waals surface area (Å²) in [5.41, 5.74) is 2.23. The standard InChI is InChI=1S/C15H14N4O/c1-10(11-5-3-2-4-6-11)17-15(20)14-12-9-16-8-7-13(12)18-19-14/h2-10H,1H3,(H,17,20)(H,18,19)/t10-/m1/s1. The highest BCUT2D eigenvalue weighted by Gasteiger charge is 2.16. The molecule has 0 aliphatic carbocycles. The van der Waals surface area contributed by atoms with Crippen LogP contribution in [0, 0.1) is 0 Å². The Morgan fingerprint density at radius 1 is 1.25 bits per heavy atom. The maximum atomic E-state index is 12.3. The Morgan fingerprint density at radius 2 is 2.05 bits per heavy atom. The van der Waals surface area contributed by atoms with E-state index >= 15 is 0 Å². The minimum Gasteiger partial charge on any atom is -0.344 e. The van der Waals surface area contributed by atoms with Crippen molar-refractivity contribution in [3.63, 3.8) is 0 Å². The van der Waals surface area contributed by atoms with Gasteiger partial charge in [0, 0.05) is 12.4 Å². The lowest BCUT2D eigenvalue weighted by atomic mass is 10.1. The first-order valence-corrected chi connectivity index (χ1v) is 6.39. The number of fused-ring (bicyclic) bond motifs is 1. The molecular weight excluding hydrogens is 252 g/mol. The Labute approximate surface area is 116 Å². The number of pyridine rings is 1. The van der Waals surface area contributed by atoms with Crippen molar-refractivity contribution in [1.82, 2.24) is 20.5 Å². The molecule has 0 saturated carbocycles. The molecule has 100 valence electrons. The number of benzene rings is 1. The number of hydrogen-bond donors (Lipinski definition) is 2. The second-order valence-electron chi connectivity index (χ2n) is 4.60. The highest BCUT2D eigenvalue weighted by molar-refractivity contribution is 6.04. The molecule has 5 nitrogen and oxygen atoms in total. The molecule has 2 aromatic heterocycles. The van der Waals surface area contributed by atoms with Crippen LogP contribution in [0.5, 0.6) is 0 Å². The molecule has 0 spiro atoms. The second kappa shape index (κ2) is 5.13.